The Morgan fingerprint density at radius 3 is 1.13 bits per heavy atom. The van der Waals surface area contributed by atoms with Gasteiger partial charge >= 0.3 is 7.12 Å². The summed E-state index contributed by atoms with van der Waals surface area (Å²) < 4.78 is 142. The number of carbonyl (C=O) groups excluding carboxylic acids is 3. The van der Waals surface area contributed by atoms with E-state index in [-0.39, 0.29) is 77.0 Å². The predicted octanol–water partition coefficient (Wildman–Crippen LogP) is 19.0. The monoisotopic (exact) mass is 2060 g/mol. The Morgan fingerprint density at radius 2 is 0.754 bits per heavy atom. The average Bonchev–Trinajstić information content (AvgIpc) is 1.59. The zero-order chi connectivity index (χ0) is 99.5. The molecule has 0 aliphatic heterocycles. The summed E-state index contributed by atoms with van der Waals surface area (Å²) >= 11 is 8.06. The van der Waals surface area contributed by atoms with Gasteiger partial charge in [0.1, 0.15) is 22.3 Å². The lowest BCUT2D eigenvalue weighted by Crippen LogP contribution is -2.32. The van der Waals surface area contributed by atoms with Crippen LogP contribution in [0, 0.1) is 34.9 Å². The maximum Gasteiger partial charge on any atom is 0.489 e. The molecule has 20 rings (SSSR count). The molecule has 0 radical (unpaired) electrons. The van der Waals surface area contributed by atoms with E-state index in [1.54, 1.807) is 119 Å². The molecule has 0 fully saturated rings. The molecule has 6 N–H and O–H groups in total. The normalized spacial score (nSPS) is 11.3. The number of H-pyrrole nitrogens is 1. The number of carbonyl (C=O) groups is 3. The molecule has 142 heavy (non-hydrogen) atoms. The topological polar surface area (TPSA) is 326 Å². The summed E-state index contributed by atoms with van der Waals surface area (Å²) in [6.45, 7) is 0.280. The first-order chi connectivity index (χ1) is 68.6. The molecule has 3 amide bonds. The molecule has 12 heterocycles. The number of hydrogen-bond donors (Lipinski definition) is 6. The molecule has 8 aromatic carbocycles. The molecule has 0 saturated heterocycles. The van der Waals surface area contributed by atoms with Crippen LogP contribution in [-0.2, 0) is 59.3 Å². The Morgan fingerprint density at radius 1 is 0.373 bits per heavy atom. The summed E-state index contributed by atoms with van der Waals surface area (Å²) in [6, 6.07) is 69.2. The third kappa shape index (κ3) is 22.2. The van der Waals surface area contributed by atoms with Gasteiger partial charge in [0.05, 0.1) is 29.4 Å². The third-order valence-electron chi connectivity index (χ3n) is 22.8. The number of amides is 3. The van der Waals surface area contributed by atoms with Gasteiger partial charge in [0.15, 0.2) is 46.2 Å². The fraction of sp³-hybridized carbons (Fsp3) is 0.0571. The molecule has 0 aliphatic rings. The molecule has 710 valence electrons. The molecule has 0 atom stereocenters. The maximum atomic E-state index is 13.8. The minimum atomic E-state index is -3.98. The number of nitrogens with one attached hydrogen (secondary N) is 4. The third-order valence-corrected chi connectivity index (χ3v) is 28.6. The number of aromatic nitrogens is 9. The van der Waals surface area contributed by atoms with Gasteiger partial charge < -0.3 is 44.7 Å². The molecular weight excluding hydrogens is 1990 g/mol. The number of aromatic amines is 1. The van der Waals surface area contributed by atoms with E-state index in [1.165, 1.54) is 133 Å². The fourth-order valence-electron chi connectivity index (χ4n) is 15.6. The standard InChI is InChI=1S/C37H26F2N4O4S2.C33H23BrF2N4O4S.C31H22F2N4O2S.C4H5BO2S/c38-33-12-11-25(17-34(33)39)21-42-14-5-10-30(37(42)45)36(44)41-19-24-6-4-7-26(16-24)32-22-43(49(46,47)29-8-2-1-3-9-29)35-31(32)18-28(20-40-35)27-13-15-48-23-27;34-24-16-27-28(20-40(31(27)37-18-24)45(43,44)25-8-2-1-3-9-25)23-7-4-6-21(14-23)17-38-32(41)26-10-5-13-39(33(26)42)19-22-11-12-29(35)30(36)15-22;32-27-7-6-20(12-28(27)33)17-37-9-2-5-24(31(37)39)30(38)36-14-19-3-1-4-21(11-19)26-16-35-29-25(26)13-23(15-34-29)22-8-10-40-18-22;6-5(7)4-1-2-8-3-4/h1-18,20,22-23H,19,21H2,(H,41,44);1-16,18,20H,17,19H2,(H,38,41);1-13,15-16,18H,14,17H2,(H,34,35)(H,36,38);1-3,6-7H. The number of rotatable bonds is 25. The van der Waals surface area contributed by atoms with Crippen molar-refractivity contribution in [1.29, 1.82) is 0 Å². The van der Waals surface area contributed by atoms with Crippen LogP contribution < -0.4 is 38.1 Å². The zero-order valence-electron chi connectivity index (χ0n) is 74.0. The largest absolute Gasteiger partial charge is 0.489 e. The second-order valence-corrected chi connectivity index (χ2v) is 39.1. The zero-order valence-corrected chi connectivity index (χ0v) is 79.7. The lowest BCUT2D eigenvalue weighted by molar-refractivity contribution is 0.0940. The Hall–Kier alpha value is -15.9. The molecule has 37 heteroatoms. The van der Waals surface area contributed by atoms with Crippen molar-refractivity contribution in [2.45, 2.75) is 49.1 Å². The van der Waals surface area contributed by atoms with Crippen molar-refractivity contribution in [3.63, 3.8) is 0 Å². The number of thiophene rings is 3. The van der Waals surface area contributed by atoms with Crippen molar-refractivity contribution in [2.75, 3.05) is 0 Å². The van der Waals surface area contributed by atoms with Crippen LogP contribution >= 0.6 is 49.9 Å². The number of pyridine rings is 6. The van der Waals surface area contributed by atoms with Gasteiger partial charge in [0.25, 0.3) is 54.4 Å². The second-order valence-electron chi connectivity index (χ2n) is 32.2. The van der Waals surface area contributed by atoms with Crippen molar-refractivity contribution in [1.82, 2.24) is 57.5 Å². The van der Waals surface area contributed by atoms with E-state index in [0.717, 1.165) is 90.3 Å². The van der Waals surface area contributed by atoms with Crippen LogP contribution in [0.2, 0.25) is 0 Å². The number of fused-ring (bicyclic) bond motifs is 3. The van der Waals surface area contributed by atoms with Crippen LogP contribution in [0.3, 0.4) is 0 Å². The quantitative estimate of drug-likeness (QED) is 0.0229. The number of nitrogens with zero attached hydrogens (tertiary/aromatic N) is 8. The van der Waals surface area contributed by atoms with Crippen LogP contribution in [-0.4, -0.2) is 93.3 Å². The first-order valence-electron chi connectivity index (χ1n) is 43.3. The summed E-state index contributed by atoms with van der Waals surface area (Å²) in [4.78, 5) is 95.3. The van der Waals surface area contributed by atoms with Gasteiger partial charge in [0.2, 0.25) is 0 Å². The molecule has 0 unspecified atom stereocenters. The highest BCUT2D eigenvalue weighted by atomic mass is 79.9. The lowest BCUT2D eigenvalue weighted by atomic mass is 9.83. The van der Waals surface area contributed by atoms with E-state index in [2.05, 4.69) is 69.3 Å². The first kappa shape index (κ1) is 97.8. The molecule has 0 saturated carbocycles. The van der Waals surface area contributed by atoms with Crippen molar-refractivity contribution in [3.05, 3.63) is 469 Å². The number of halogens is 7. The van der Waals surface area contributed by atoms with Gasteiger partial charge in [-0.3, -0.25) is 28.8 Å². The predicted molar refractivity (Wildman–Crippen MR) is 540 cm³/mol. The SMILES string of the molecule is O=C(NCc1cccc(-c2c[nH]c3ncc(-c4ccsc4)cc23)c1)c1cccn(Cc2ccc(F)c(F)c2)c1=O.O=C(NCc1cccc(-c2cn(S(=O)(=O)c3ccccc3)c3ncc(-c4ccsc4)cc23)c1)c1cccn(Cc2ccc(F)c(F)c2)c1=O.O=C(NCc1cccc(-c2cn(S(=O)(=O)c3ccccc3)c3ncc(Br)cc23)c1)c1cccn(Cc2ccc(F)c(F)c2)c1=O.OB(O)c1ccsc1. The molecule has 0 spiro atoms. The summed E-state index contributed by atoms with van der Waals surface area (Å²) in [6.07, 6.45) is 14.5. The Balaban J connectivity index is 0.000000141. The summed E-state index contributed by atoms with van der Waals surface area (Å²) in [5.41, 5.74) is 11.9. The highest BCUT2D eigenvalue weighted by Crippen LogP contribution is 2.39. The molecule has 0 aliphatic carbocycles. The van der Waals surface area contributed by atoms with Gasteiger partial charge in [-0.05, 0) is 260 Å². The summed E-state index contributed by atoms with van der Waals surface area (Å²) in [5.74, 6) is -7.72. The molecular formula is C105H76BBrF6N12O12S5. The van der Waals surface area contributed by atoms with Crippen LogP contribution in [0.15, 0.2) is 378 Å². The first-order valence-corrected chi connectivity index (χ1v) is 49.8. The van der Waals surface area contributed by atoms with Crippen molar-refractivity contribution >= 4 is 133 Å². The minimum Gasteiger partial charge on any atom is -0.423 e. The molecule has 0 bridgehead atoms. The Kier molecular flexibility index (Phi) is 29.8. The van der Waals surface area contributed by atoms with Gasteiger partial charge in [-0.25, -0.2) is 66.1 Å². The minimum absolute atomic E-state index is 0.00675. The summed E-state index contributed by atoms with van der Waals surface area (Å²) in [7, 11) is -9.23. The Bertz CT molecular complexity index is 8570. The van der Waals surface area contributed by atoms with E-state index in [1.807, 2.05) is 95.3 Å². The molecule has 12 aromatic heterocycles. The second kappa shape index (κ2) is 43.3. The van der Waals surface area contributed by atoms with Gasteiger partial charge in [0, 0.05) is 124 Å². The van der Waals surface area contributed by atoms with E-state index in [9.17, 15) is 71.9 Å². The molecule has 20 aromatic rings. The van der Waals surface area contributed by atoms with Gasteiger partial charge in [-0.2, -0.15) is 34.0 Å². The Labute approximate surface area is 826 Å². The summed E-state index contributed by atoms with van der Waals surface area (Å²) in [5, 5.41) is 39.1. The van der Waals surface area contributed by atoms with Crippen LogP contribution in [0.5, 0.6) is 0 Å². The van der Waals surface area contributed by atoms with Gasteiger partial charge in [-0.15, -0.1) is 0 Å². The maximum absolute atomic E-state index is 13.8. The van der Waals surface area contributed by atoms with Crippen molar-refractivity contribution in [2.24, 2.45) is 0 Å². The van der Waals surface area contributed by atoms with Crippen LogP contribution in [0.4, 0.5) is 26.3 Å². The molecule has 24 nitrogen and oxygen atoms in total. The van der Waals surface area contributed by atoms with Gasteiger partial charge in [-0.1, -0.05) is 115 Å². The smallest absolute Gasteiger partial charge is 0.423 e. The average molecular weight is 2060 g/mol. The van der Waals surface area contributed by atoms with E-state index in [0.29, 0.717) is 70.8 Å². The fourth-order valence-corrected chi connectivity index (χ4v) is 20.6. The van der Waals surface area contributed by atoms with Crippen LogP contribution in [0.1, 0.15) is 64.5 Å². The van der Waals surface area contributed by atoms with E-state index >= 15 is 0 Å². The lowest BCUT2D eigenvalue weighted by Gasteiger charge is -2.10. The number of hydrogen-bond acceptors (Lipinski definition) is 18. The van der Waals surface area contributed by atoms with E-state index < -0.39 is 96.5 Å². The number of benzene rings is 8. The highest BCUT2D eigenvalue weighted by Gasteiger charge is 2.28. The van der Waals surface area contributed by atoms with Crippen LogP contribution in [0.25, 0.3) is 88.7 Å². The van der Waals surface area contributed by atoms with Crippen molar-refractivity contribution in [3.8, 4) is 55.6 Å². The van der Waals surface area contributed by atoms with Crippen molar-refractivity contribution < 1.29 is 67.6 Å². The highest BCUT2D eigenvalue weighted by molar-refractivity contribution is 9.10. The van der Waals surface area contributed by atoms with E-state index in [4.69, 9.17) is 10.0 Å².